The molecule has 0 heterocycles. The fraction of sp³-hybridized carbons (Fsp3) is 0.750. The first-order chi connectivity index (χ1) is 29.2. The van der Waals surface area contributed by atoms with Crippen LogP contribution in [0.2, 0.25) is 0 Å². The van der Waals surface area contributed by atoms with Gasteiger partial charge in [-0.05, 0) is 161 Å². The average molecular weight is 857 g/mol. The van der Waals surface area contributed by atoms with E-state index in [1.165, 1.54) is 36.0 Å². The second-order valence-electron chi connectivity index (χ2n) is 22.2. The molecule has 348 valence electrons. The van der Waals surface area contributed by atoms with Crippen molar-refractivity contribution in [2.75, 3.05) is 0 Å². The smallest absolute Gasteiger partial charge is 0.0811 e. The van der Waals surface area contributed by atoms with E-state index in [9.17, 15) is 30.6 Å². The maximum Gasteiger partial charge on any atom is 0.0811 e. The largest absolute Gasteiger partial charge is 0.393 e. The molecule has 6 heteroatoms. The molecule has 0 aromatic carbocycles. The van der Waals surface area contributed by atoms with Gasteiger partial charge in [-0.15, -0.1) is 0 Å². The first kappa shape index (κ1) is 49.4. The summed E-state index contributed by atoms with van der Waals surface area (Å²) in [6.45, 7) is 24.3. The highest BCUT2D eigenvalue weighted by atomic mass is 16.3. The first-order valence-electron chi connectivity index (χ1n) is 25.3. The number of rotatable bonds is 13. The monoisotopic (exact) mass is 857 g/mol. The Labute approximate surface area is 377 Å². The zero-order valence-corrected chi connectivity index (χ0v) is 40.5. The molecular weight excluding hydrogens is 769 g/mol. The van der Waals surface area contributed by atoms with Crippen LogP contribution in [0.3, 0.4) is 0 Å². The molecule has 7 rings (SSSR count). The third kappa shape index (κ3) is 9.46. The van der Waals surface area contributed by atoms with E-state index in [1.807, 2.05) is 0 Å². The number of aliphatic hydroxyl groups excluding tert-OH is 4. The zero-order valence-electron chi connectivity index (χ0n) is 40.5. The Morgan fingerprint density at radius 1 is 0.726 bits per heavy atom. The molecule has 7 aliphatic rings. The van der Waals surface area contributed by atoms with Crippen molar-refractivity contribution in [1.29, 1.82) is 0 Å². The molecule has 62 heavy (non-hydrogen) atoms. The molecule has 4 fully saturated rings. The minimum absolute atomic E-state index is 0.194. The fourth-order valence-electron chi connectivity index (χ4n) is 14.0. The van der Waals surface area contributed by atoms with Crippen LogP contribution in [0, 0.1) is 45.8 Å². The van der Waals surface area contributed by atoms with Crippen LogP contribution >= 0.6 is 0 Å². The van der Waals surface area contributed by atoms with E-state index in [1.54, 1.807) is 11.1 Å². The molecule has 0 aromatic heterocycles. The highest BCUT2D eigenvalue weighted by molar-refractivity contribution is 5.44. The maximum atomic E-state index is 11.0. The van der Waals surface area contributed by atoms with Gasteiger partial charge in [0.25, 0.3) is 0 Å². The summed E-state index contributed by atoms with van der Waals surface area (Å²) in [7, 11) is 0. The molecule has 0 aliphatic heterocycles. The molecule has 4 saturated carbocycles. The van der Waals surface area contributed by atoms with Crippen molar-refractivity contribution in [1.82, 2.24) is 0 Å². The lowest BCUT2D eigenvalue weighted by molar-refractivity contribution is -0.0493. The van der Waals surface area contributed by atoms with E-state index < -0.39 is 35.6 Å². The van der Waals surface area contributed by atoms with E-state index in [-0.39, 0.29) is 16.2 Å². The zero-order chi connectivity index (χ0) is 45.4. The highest BCUT2D eigenvalue weighted by Crippen LogP contribution is 2.65. The molecular formula is C56H88O6. The summed E-state index contributed by atoms with van der Waals surface area (Å²) in [6.07, 6.45) is 29.3. The Hall–Kier alpha value is -2.06. The molecule has 6 N–H and O–H groups in total. The lowest BCUT2D eigenvalue weighted by atomic mass is 9.49. The Morgan fingerprint density at radius 2 is 1.27 bits per heavy atom. The quantitative estimate of drug-likeness (QED) is 0.103. The molecule has 0 spiro atoms. The van der Waals surface area contributed by atoms with E-state index in [0.717, 1.165) is 88.2 Å². The van der Waals surface area contributed by atoms with Gasteiger partial charge >= 0.3 is 0 Å². The number of hydrogen-bond acceptors (Lipinski definition) is 6. The van der Waals surface area contributed by atoms with E-state index in [0.29, 0.717) is 55.3 Å². The van der Waals surface area contributed by atoms with Crippen LogP contribution in [0.4, 0.5) is 0 Å². The van der Waals surface area contributed by atoms with Crippen LogP contribution in [0.15, 0.2) is 82.0 Å². The van der Waals surface area contributed by atoms with Gasteiger partial charge in [-0.2, -0.15) is 0 Å². The molecule has 0 radical (unpaired) electrons. The van der Waals surface area contributed by atoms with E-state index >= 15 is 0 Å². The second kappa shape index (κ2) is 19.4. The van der Waals surface area contributed by atoms with E-state index in [4.69, 9.17) is 0 Å². The van der Waals surface area contributed by atoms with Gasteiger partial charge in [-0.25, -0.2) is 0 Å². The predicted molar refractivity (Wildman–Crippen MR) is 255 cm³/mol. The van der Waals surface area contributed by atoms with Gasteiger partial charge in [0.05, 0.1) is 35.6 Å². The van der Waals surface area contributed by atoms with Gasteiger partial charge in [0.15, 0.2) is 0 Å². The van der Waals surface area contributed by atoms with Crippen LogP contribution in [-0.2, 0) is 0 Å². The standard InChI is InChI=1S/2C28H44O3/c1-6-28(31,7-2)15-12-18(3)22-10-11-23-21-9-8-19-16-20(29)17-25(30)27(19,5)24(21)13-14-26(22,23)4;1-6-28(31,7-2)16-14-19(3)24-12-13-25-21(9-8-15-27(24,25)5)10-11-22-17-23(29)18-26(30)20(22)4/h8-10,18,20,23-25,29-31H,6-7,11-17H2,1-5H3;10-12,19,23,25-26,29-31H,4,6-9,13-18H2,1-3,5H3/b;21-10+,22-11-/t18-,20+,23?,24?,25-,26+,27-;19-,23+,25?,26-,27+/m00/s1. The van der Waals surface area contributed by atoms with Gasteiger partial charge in [0.1, 0.15) is 0 Å². The lowest BCUT2D eigenvalue weighted by Gasteiger charge is -2.56. The summed E-state index contributed by atoms with van der Waals surface area (Å²) in [5, 5.41) is 63.0. The van der Waals surface area contributed by atoms with Crippen LogP contribution in [0.5, 0.6) is 0 Å². The van der Waals surface area contributed by atoms with Crippen molar-refractivity contribution in [3.63, 3.8) is 0 Å². The van der Waals surface area contributed by atoms with Gasteiger partial charge in [0.2, 0.25) is 0 Å². The van der Waals surface area contributed by atoms with Crippen LogP contribution in [0.25, 0.3) is 0 Å². The van der Waals surface area contributed by atoms with Gasteiger partial charge < -0.3 is 30.6 Å². The summed E-state index contributed by atoms with van der Waals surface area (Å²) in [6, 6.07) is 0. The summed E-state index contributed by atoms with van der Waals surface area (Å²) in [5.74, 6) is 2.45. The molecule has 0 aromatic rings. The molecule has 0 bridgehead atoms. The lowest BCUT2D eigenvalue weighted by Crippen LogP contribution is -2.52. The minimum atomic E-state index is -0.629. The van der Waals surface area contributed by atoms with Crippen molar-refractivity contribution >= 4 is 0 Å². The van der Waals surface area contributed by atoms with Crippen molar-refractivity contribution in [2.45, 2.75) is 220 Å². The number of fused-ring (bicyclic) bond motifs is 6. The van der Waals surface area contributed by atoms with Crippen LogP contribution < -0.4 is 0 Å². The van der Waals surface area contributed by atoms with Crippen LogP contribution in [-0.4, -0.2) is 66.3 Å². The topological polar surface area (TPSA) is 121 Å². The van der Waals surface area contributed by atoms with Gasteiger partial charge in [-0.1, -0.05) is 133 Å². The number of hydrogen-bond donors (Lipinski definition) is 6. The Balaban J connectivity index is 0.000000207. The number of allylic oxidation sites excluding steroid dienone is 10. The third-order valence-corrected chi connectivity index (χ3v) is 19.0. The Kier molecular flexibility index (Phi) is 15.5. The summed E-state index contributed by atoms with van der Waals surface area (Å²) in [5.41, 5.74) is 8.37. The average Bonchev–Trinajstić information content (AvgIpc) is 3.80. The normalized spacial score (nSPS) is 38.1. The summed E-state index contributed by atoms with van der Waals surface area (Å²) < 4.78 is 0. The second-order valence-corrected chi connectivity index (χ2v) is 22.2. The molecule has 6 nitrogen and oxygen atoms in total. The van der Waals surface area contributed by atoms with Crippen LogP contribution in [0.1, 0.15) is 184 Å². The Morgan fingerprint density at radius 3 is 1.85 bits per heavy atom. The Bertz CT molecular complexity index is 1800. The minimum Gasteiger partial charge on any atom is -0.393 e. The first-order valence-corrected chi connectivity index (χ1v) is 25.3. The summed E-state index contributed by atoms with van der Waals surface area (Å²) >= 11 is 0. The molecule has 0 amide bonds. The van der Waals surface area contributed by atoms with Crippen molar-refractivity contribution < 1.29 is 30.6 Å². The van der Waals surface area contributed by atoms with Gasteiger partial charge in [0, 0.05) is 18.3 Å². The van der Waals surface area contributed by atoms with E-state index in [2.05, 4.69) is 105 Å². The van der Waals surface area contributed by atoms with Crippen molar-refractivity contribution in [3.05, 3.63) is 82.0 Å². The van der Waals surface area contributed by atoms with Crippen molar-refractivity contribution in [2.24, 2.45) is 45.8 Å². The predicted octanol–water partition coefficient (Wildman–Crippen LogP) is 11.7. The molecule has 0 saturated heterocycles. The maximum absolute atomic E-state index is 11.0. The summed E-state index contributed by atoms with van der Waals surface area (Å²) in [4.78, 5) is 0. The molecule has 12 atom stereocenters. The SMILES string of the molecule is C=C1/C(=C\C=C2/CCC[C@]3(C)C([C@@H](C)CCC(O)(CC)CC)=CCC23)C[C@@H](O)C[C@@H]1O.CCC(O)(CC)CC[C@H](C)C1=CCC2C3=CC=C4C[C@@H](O)C[C@H](O)[C@]4(C)C3CC[C@]12C. The van der Waals surface area contributed by atoms with Crippen molar-refractivity contribution in [3.8, 4) is 0 Å². The highest BCUT2D eigenvalue weighted by Gasteiger charge is 2.57. The number of aliphatic hydroxyl groups is 6. The molecule has 3 unspecified atom stereocenters. The van der Waals surface area contributed by atoms with Gasteiger partial charge in [-0.3, -0.25) is 0 Å². The molecule has 7 aliphatic carbocycles. The third-order valence-electron chi connectivity index (χ3n) is 19.0. The fourth-order valence-corrected chi connectivity index (χ4v) is 14.0.